The van der Waals surface area contributed by atoms with Crippen molar-refractivity contribution in [2.45, 2.75) is 31.7 Å². The summed E-state index contributed by atoms with van der Waals surface area (Å²) in [5.41, 5.74) is 1.17. The van der Waals surface area contributed by atoms with Gasteiger partial charge in [-0.1, -0.05) is 42.5 Å². The average molecular weight is 406 g/mol. The fraction of sp³-hybridized carbons (Fsp3) is 0.348. The van der Waals surface area contributed by atoms with Crippen LogP contribution in [0.15, 0.2) is 54.6 Å². The van der Waals surface area contributed by atoms with Crippen molar-refractivity contribution in [1.29, 1.82) is 0 Å². The second-order valence-corrected chi connectivity index (χ2v) is 7.93. The summed E-state index contributed by atoms with van der Waals surface area (Å²) in [5.74, 6) is -0.835. The molecule has 0 radical (unpaired) electrons. The second kappa shape index (κ2) is 8.18. The molecule has 2 aromatic carbocycles. The Morgan fingerprint density at radius 2 is 1.67 bits per heavy atom. The van der Waals surface area contributed by atoms with Gasteiger partial charge in [-0.3, -0.25) is 14.5 Å². The van der Waals surface area contributed by atoms with Crippen molar-refractivity contribution in [1.82, 2.24) is 10.2 Å². The van der Waals surface area contributed by atoms with Crippen molar-refractivity contribution in [3.63, 3.8) is 0 Å². The molecule has 2 N–H and O–H groups in total. The normalized spacial score (nSPS) is 21.5. The van der Waals surface area contributed by atoms with Crippen LogP contribution in [0.1, 0.15) is 31.7 Å². The number of amides is 4. The fourth-order valence-corrected chi connectivity index (χ4v) is 4.13. The Morgan fingerprint density at radius 3 is 2.40 bits per heavy atom. The minimum atomic E-state index is -1.18. The van der Waals surface area contributed by atoms with E-state index < -0.39 is 23.4 Å². The third-order valence-electron chi connectivity index (χ3n) is 5.80. The number of rotatable bonds is 5. The number of imide groups is 1. The molecule has 30 heavy (non-hydrogen) atoms. The zero-order chi connectivity index (χ0) is 21.1. The monoisotopic (exact) mass is 406 g/mol. The number of para-hydroxylation sites is 2. The number of carbonyl (C=O) groups is 3. The number of hydrogen-bond donors (Lipinski definition) is 2. The van der Waals surface area contributed by atoms with Crippen LogP contribution < -0.4 is 15.5 Å². The Labute approximate surface area is 176 Å². The largest absolute Gasteiger partial charge is 0.370 e. The number of urea groups is 1. The standard InChI is InChI=1S/C23H26N4O3/c1-23(17-10-4-2-5-11-17)21(29)27(22(30)25-23)16-20(28)24-18-12-6-7-13-19(18)26-14-8-3-9-15-26/h2,4-7,10-13H,3,8-9,14-16H2,1H3,(H,24,28)(H,25,30)/t23-/m1/s1. The number of anilines is 2. The third kappa shape index (κ3) is 3.75. The quantitative estimate of drug-likeness (QED) is 0.748. The molecule has 1 atom stereocenters. The van der Waals surface area contributed by atoms with Gasteiger partial charge < -0.3 is 15.5 Å². The van der Waals surface area contributed by atoms with Crippen LogP contribution in [0.25, 0.3) is 0 Å². The molecule has 2 aromatic rings. The molecule has 4 rings (SSSR count). The zero-order valence-corrected chi connectivity index (χ0v) is 17.1. The van der Waals surface area contributed by atoms with Gasteiger partial charge in [0.1, 0.15) is 12.1 Å². The summed E-state index contributed by atoms with van der Waals surface area (Å²) >= 11 is 0. The van der Waals surface area contributed by atoms with Crippen LogP contribution in [0.4, 0.5) is 16.2 Å². The Balaban J connectivity index is 1.47. The number of benzene rings is 2. The summed E-state index contributed by atoms with van der Waals surface area (Å²) in [4.78, 5) is 41.5. The first-order chi connectivity index (χ1) is 14.5. The zero-order valence-electron chi connectivity index (χ0n) is 17.1. The minimum absolute atomic E-state index is 0.332. The molecule has 0 spiro atoms. The Morgan fingerprint density at radius 1 is 1.00 bits per heavy atom. The molecule has 4 amide bonds. The van der Waals surface area contributed by atoms with Gasteiger partial charge in [-0.2, -0.15) is 0 Å². The van der Waals surface area contributed by atoms with E-state index in [0.717, 1.165) is 36.5 Å². The molecule has 0 bridgehead atoms. The Bertz CT molecular complexity index is 956. The number of carbonyl (C=O) groups excluding carboxylic acids is 3. The summed E-state index contributed by atoms with van der Waals surface area (Å²) in [6.07, 6.45) is 3.48. The number of nitrogens with zero attached hydrogens (tertiary/aromatic N) is 2. The molecular formula is C23H26N4O3. The van der Waals surface area contributed by atoms with Crippen LogP contribution in [0.5, 0.6) is 0 Å². The van der Waals surface area contributed by atoms with Crippen molar-refractivity contribution in [3.05, 3.63) is 60.2 Å². The molecule has 7 nitrogen and oxygen atoms in total. The van der Waals surface area contributed by atoms with Gasteiger partial charge in [0, 0.05) is 13.1 Å². The van der Waals surface area contributed by atoms with Crippen molar-refractivity contribution >= 4 is 29.2 Å². The van der Waals surface area contributed by atoms with Crippen LogP contribution in [-0.2, 0) is 15.1 Å². The highest BCUT2D eigenvalue weighted by Gasteiger charge is 2.49. The molecule has 2 saturated heterocycles. The lowest BCUT2D eigenvalue weighted by Gasteiger charge is -2.30. The summed E-state index contributed by atoms with van der Waals surface area (Å²) in [7, 11) is 0. The lowest BCUT2D eigenvalue weighted by Crippen LogP contribution is -2.42. The summed E-state index contributed by atoms with van der Waals surface area (Å²) in [6, 6.07) is 16.1. The SMILES string of the molecule is C[C@]1(c2ccccc2)NC(=O)N(CC(=O)Nc2ccccc2N2CCCCC2)C1=O. The van der Waals surface area contributed by atoms with Crippen molar-refractivity contribution < 1.29 is 14.4 Å². The Kier molecular flexibility index (Phi) is 5.44. The molecule has 2 aliphatic heterocycles. The topological polar surface area (TPSA) is 81.8 Å². The molecule has 0 aromatic heterocycles. The van der Waals surface area contributed by atoms with Crippen molar-refractivity contribution in [2.75, 3.05) is 29.9 Å². The predicted molar refractivity (Wildman–Crippen MR) is 115 cm³/mol. The predicted octanol–water partition coefficient (Wildman–Crippen LogP) is 3.08. The highest BCUT2D eigenvalue weighted by Crippen LogP contribution is 2.30. The van der Waals surface area contributed by atoms with Gasteiger partial charge in [-0.25, -0.2) is 4.79 Å². The van der Waals surface area contributed by atoms with Gasteiger partial charge in [0.05, 0.1) is 11.4 Å². The maximum Gasteiger partial charge on any atom is 0.325 e. The van der Waals surface area contributed by atoms with Crippen LogP contribution in [0, 0.1) is 0 Å². The van der Waals surface area contributed by atoms with Crippen molar-refractivity contribution in [3.8, 4) is 0 Å². The number of piperidine rings is 1. The number of nitrogens with one attached hydrogen (secondary N) is 2. The molecule has 2 heterocycles. The fourth-order valence-electron chi connectivity index (χ4n) is 4.13. The Hall–Kier alpha value is -3.35. The van der Waals surface area contributed by atoms with E-state index in [4.69, 9.17) is 0 Å². The molecule has 0 aliphatic carbocycles. The van der Waals surface area contributed by atoms with Crippen LogP contribution >= 0.6 is 0 Å². The van der Waals surface area contributed by atoms with E-state index >= 15 is 0 Å². The first kappa shape index (κ1) is 19.9. The first-order valence-electron chi connectivity index (χ1n) is 10.3. The highest BCUT2D eigenvalue weighted by atomic mass is 16.2. The molecule has 2 aliphatic rings. The summed E-state index contributed by atoms with van der Waals surface area (Å²) < 4.78 is 0. The van der Waals surface area contributed by atoms with E-state index in [9.17, 15) is 14.4 Å². The van der Waals surface area contributed by atoms with Crippen LogP contribution in [0.3, 0.4) is 0 Å². The lowest BCUT2D eigenvalue weighted by molar-refractivity contribution is -0.133. The molecule has 7 heteroatoms. The minimum Gasteiger partial charge on any atom is -0.370 e. The van der Waals surface area contributed by atoms with E-state index in [1.165, 1.54) is 6.42 Å². The lowest BCUT2D eigenvalue weighted by atomic mass is 9.92. The maximum absolute atomic E-state index is 13.0. The van der Waals surface area contributed by atoms with E-state index in [0.29, 0.717) is 11.3 Å². The van der Waals surface area contributed by atoms with Gasteiger partial charge in [-0.05, 0) is 43.9 Å². The van der Waals surface area contributed by atoms with E-state index in [-0.39, 0.29) is 6.54 Å². The first-order valence-corrected chi connectivity index (χ1v) is 10.3. The highest BCUT2D eigenvalue weighted by molar-refractivity contribution is 6.10. The van der Waals surface area contributed by atoms with Gasteiger partial charge in [0.2, 0.25) is 5.91 Å². The molecule has 0 unspecified atom stereocenters. The van der Waals surface area contributed by atoms with Crippen LogP contribution in [0.2, 0.25) is 0 Å². The van der Waals surface area contributed by atoms with E-state index in [1.807, 2.05) is 42.5 Å². The van der Waals surface area contributed by atoms with Gasteiger partial charge in [0.25, 0.3) is 5.91 Å². The van der Waals surface area contributed by atoms with Gasteiger partial charge >= 0.3 is 6.03 Å². The second-order valence-electron chi connectivity index (χ2n) is 7.93. The van der Waals surface area contributed by atoms with Crippen molar-refractivity contribution in [2.24, 2.45) is 0 Å². The summed E-state index contributed by atoms with van der Waals surface area (Å²) in [5, 5.41) is 5.62. The van der Waals surface area contributed by atoms with Crippen LogP contribution in [-0.4, -0.2) is 42.4 Å². The average Bonchev–Trinajstić information content (AvgIpc) is 2.99. The third-order valence-corrected chi connectivity index (χ3v) is 5.80. The van der Waals surface area contributed by atoms with Gasteiger partial charge in [-0.15, -0.1) is 0 Å². The van der Waals surface area contributed by atoms with E-state index in [1.54, 1.807) is 19.1 Å². The van der Waals surface area contributed by atoms with Gasteiger partial charge in [0.15, 0.2) is 0 Å². The number of hydrogen-bond acceptors (Lipinski definition) is 4. The summed E-state index contributed by atoms with van der Waals surface area (Å²) in [6.45, 7) is 3.23. The molecule has 2 fully saturated rings. The van der Waals surface area contributed by atoms with E-state index in [2.05, 4.69) is 15.5 Å². The molecule has 156 valence electrons. The smallest absolute Gasteiger partial charge is 0.325 e. The molecule has 0 saturated carbocycles. The molecular weight excluding hydrogens is 380 g/mol. The maximum atomic E-state index is 13.0.